The number of phenols is 2. The molecule has 2 aromatic rings. The number of hydrogen-bond acceptors (Lipinski definition) is 7. The van der Waals surface area contributed by atoms with Crippen molar-refractivity contribution >= 4 is 42.0 Å². The van der Waals surface area contributed by atoms with Gasteiger partial charge in [0.2, 0.25) is 5.75 Å². The van der Waals surface area contributed by atoms with E-state index >= 15 is 0 Å². The van der Waals surface area contributed by atoms with E-state index in [1.165, 1.54) is 11.3 Å². The zero-order valence-electron chi connectivity index (χ0n) is 16.5. The molecule has 0 aliphatic carbocycles. The molecule has 2 aromatic carbocycles. The summed E-state index contributed by atoms with van der Waals surface area (Å²) in [5, 5.41) is 30.1. The number of carbonyl (C=O) groups is 1. The number of halogens is 2. The Bertz CT molecular complexity index is 902. The van der Waals surface area contributed by atoms with Gasteiger partial charge in [-0.15, -0.1) is 24.8 Å². The molecular formula is C20H25Cl2N3O5. The Hall–Kier alpha value is -2.55. The van der Waals surface area contributed by atoms with Crippen LogP contribution in [0.2, 0.25) is 0 Å². The lowest BCUT2D eigenvalue weighted by Gasteiger charge is -2.36. The fourth-order valence-corrected chi connectivity index (χ4v) is 3.44. The van der Waals surface area contributed by atoms with Gasteiger partial charge in [-0.1, -0.05) is 18.2 Å². The summed E-state index contributed by atoms with van der Waals surface area (Å²) >= 11 is 0. The van der Waals surface area contributed by atoms with Gasteiger partial charge >= 0.3 is 5.69 Å². The molecule has 0 bridgehead atoms. The maximum atomic E-state index is 12.4. The van der Waals surface area contributed by atoms with Gasteiger partial charge in [0.15, 0.2) is 11.5 Å². The van der Waals surface area contributed by atoms with Crippen LogP contribution >= 0.6 is 24.8 Å². The van der Waals surface area contributed by atoms with Crippen LogP contribution in [0.3, 0.4) is 0 Å². The molecule has 0 amide bonds. The van der Waals surface area contributed by atoms with Gasteiger partial charge in [0.25, 0.3) is 0 Å². The minimum Gasteiger partial charge on any atom is -0.504 e. The highest BCUT2D eigenvalue weighted by Gasteiger charge is 2.23. The maximum Gasteiger partial charge on any atom is 0.315 e. The van der Waals surface area contributed by atoms with E-state index in [1.807, 2.05) is 12.1 Å². The average Bonchev–Trinajstić information content (AvgIpc) is 2.68. The third kappa shape index (κ3) is 5.75. The molecule has 30 heavy (non-hydrogen) atoms. The van der Waals surface area contributed by atoms with Gasteiger partial charge in [0.1, 0.15) is 0 Å². The lowest BCUT2D eigenvalue weighted by molar-refractivity contribution is -0.386. The number of piperazine rings is 1. The predicted octanol–water partition coefficient (Wildman–Crippen LogP) is 3.55. The quantitative estimate of drug-likeness (QED) is 0.295. The van der Waals surface area contributed by atoms with Crippen molar-refractivity contribution in [3.8, 4) is 11.5 Å². The molecule has 8 nitrogen and oxygen atoms in total. The largest absolute Gasteiger partial charge is 0.504 e. The summed E-state index contributed by atoms with van der Waals surface area (Å²) in [5.74, 6) is -1.79. The van der Waals surface area contributed by atoms with E-state index in [0.29, 0.717) is 6.54 Å². The highest BCUT2D eigenvalue weighted by molar-refractivity contribution is 5.97. The number of Topliss-reactive ketones (excluding diaryl/α,β-unsaturated/α-hetero) is 1. The predicted molar refractivity (Wildman–Crippen MR) is 120 cm³/mol. The van der Waals surface area contributed by atoms with E-state index in [-0.39, 0.29) is 42.6 Å². The fourth-order valence-electron chi connectivity index (χ4n) is 3.44. The maximum absolute atomic E-state index is 12.4. The van der Waals surface area contributed by atoms with Gasteiger partial charge in [-0.3, -0.25) is 19.8 Å². The Morgan fingerprint density at radius 1 is 1.10 bits per heavy atom. The normalized spacial score (nSPS) is 13.8. The lowest BCUT2D eigenvalue weighted by Crippen LogP contribution is -2.47. The highest BCUT2D eigenvalue weighted by atomic mass is 35.5. The molecule has 1 heterocycles. The van der Waals surface area contributed by atoms with Crippen molar-refractivity contribution in [1.29, 1.82) is 0 Å². The summed E-state index contributed by atoms with van der Waals surface area (Å²) in [6.07, 6.45) is 0.186. The second-order valence-electron chi connectivity index (χ2n) is 6.91. The van der Waals surface area contributed by atoms with Crippen molar-refractivity contribution in [2.45, 2.75) is 13.3 Å². The van der Waals surface area contributed by atoms with Crippen molar-refractivity contribution in [3.05, 3.63) is 57.6 Å². The third-order valence-corrected chi connectivity index (χ3v) is 5.07. The molecule has 0 saturated carbocycles. The number of anilines is 1. The number of phenolic OH excluding ortho intramolecular Hbond substituents is 2. The van der Waals surface area contributed by atoms with E-state index in [0.717, 1.165) is 38.3 Å². The van der Waals surface area contributed by atoms with E-state index in [9.17, 15) is 25.1 Å². The van der Waals surface area contributed by atoms with Crippen molar-refractivity contribution in [1.82, 2.24) is 4.90 Å². The first-order valence-electron chi connectivity index (χ1n) is 9.13. The molecule has 1 aliphatic heterocycles. The van der Waals surface area contributed by atoms with Crippen LogP contribution in [-0.2, 0) is 0 Å². The van der Waals surface area contributed by atoms with Gasteiger partial charge in [-0.05, 0) is 24.6 Å². The Kier molecular flexibility index (Phi) is 9.35. The Morgan fingerprint density at radius 3 is 2.33 bits per heavy atom. The van der Waals surface area contributed by atoms with Gasteiger partial charge in [-0.2, -0.15) is 0 Å². The minimum absolute atomic E-state index is 0. The molecule has 10 heteroatoms. The van der Waals surface area contributed by atoms with Crippen LogP contribution in [0.1, 0.15) is 22.3 Å². The fraction of sp³-hybridized carbons (Fsp3) is 0.350. The van der Waals surface area contributed by atoms with E-state index in [2.05, 4.69) is 28.9 Å². The van der Waals surface area contributed by atoms with Crippen molar-refractivity contribution < 1.29 is 19.9 Å². The van der Waals surface area contributed by atoms with E-state index in [4.69, 9.17) is 0 Å². The molecule has 1 fully saturated rings. The second kappa shape index (κ2) is 11.0. The number of carbonyl (C=O) groups excluding carboxylic acids is 1. The molecule has 0 aromatic heterocycles. The highest BCUT2D eigenvalue weighted by Crippen LogP contribution is 2.36. The Morgan fingerprint density at radius 2 is 1.73 bits per heavy atom. The summed E-state index contributed by atoms with van der Waals surface area (Å²) in [7, 11) is 0. The van der Waals surface area contributed by atoms with Crippen molar-refractivity contribution in [3.63, 3.8) is 0 Å². The number of para-hydroxylation sites is 1. The van der Waals surface area contributed by atoms with Crippen LogP contribution in [0, 0.1) is 17.0 Å². The smallest absolute Gasteiger partial charge is 0.315 e. The number of benzene rings is 2. The molecule has 2 N–H and O–H groups in total. The monoisotopic (exact) mass is 457 g/mol. The number of nitro groups is 1. The molecule has 1 saturated heterocycles. The topological polar surface area (TPSA) is 107 Å². The summed E-state index contributed by atoms with van der Waals surface area (Å²) < 4.78 is 0. The summed E-state index contributed by atoms with van der Waals surface area (Å²) in [5.41, 5.74) is 1.82. The summed E-state index contributed by atoms with van der Waals surface area (Å²) in [4.78, 5) is 27.0. The van der Waals surface area contributed by atoms with Gasteiger partial charge < -0.3 is 15.1 Å². The zero-order chi connectivity index (χ0) is 20.3. The van der Waals surface area contributed by atoms with Crippen LogP contribution < -0.4 is 4.90 Å². The Labute approximate surface area is 187 Å². The third-order valence-electron chi connectivity index (χ3n) is 5.07. The first-order chi connectivity index (χ1) is 13.4. The SMILES string of the molecule is Cc1ccccc1N1CCN(CCC(=O)c2cc(O)c(O)c([N+](=O)[O-])c2)CC1.Cl.Cl. The number of ketones is 1. The standard InChI is InChI=1S/C20H23N3O5.2ClH/c1-14-4-2-3-5-16(14)22-10-8-21(9-11-22)7-6-18(24)15-12-17(23(27)28)20(26)19(25)13-15;;/h2-5,12-13,25-26H,6-11H2,1H3;2*1H. The number of aryl methyl sites for hydroxylation is 1. The number of nitrogens with zero attached hydrogens (tertiary/aromatic N) is 3. The van der Waals surface area contributed by atoms with Gasteiger partial charge in [0, 0.05) is 56.5 Å². The van der Waals surface area contributed by atoms with E-state index < -0.39 is 22.1 Å². The van der Waals surface area contributed by atoms with Crippen LogP contribution in [0.4, 0.5) is 11.4 Å². The van der Waals surface area contributed by atoms with Gasteiger partial charge in [-0.25, -0.2) is 0 Å². The molecule has 164 valence electrons. The molecule has 0 radical (unpaired) electrons. The molecule has 0 unspecified atom stereocenters. The Balaban J connectivity index is 0.00000225. The molecular weight excluding hydrogens is 433 g/mol. The van der Waals surface area contributed by atoms with Crippen LogP contribution in [0.15, 0.2) is 36.4 Å². The van der Waals surface area contributed by atoms with E-state index in [1.54, 1.807) is 0 Å². The van der Waals surface area contributed by atoms with Crippen molar-refractivity contribution in [2.75, 3.05) is 37.6 Å². The molecule has 0 atom stereocenters. The van der Waals surface area contributed by atoms with Crippen LogP contribution in [-0.4, -0.2) is 58.5 Å². The van der Waals surface area contributed by atoms with Gasteiger partial charge in [0.05, 0.1) is 4.92 Å². The summed E-state index contributed by atoms with van der Waals surface area (Å²) in [6, 6.07) is 10.3. The number of rotatable bonds is 6. The number of hydrogen-bond donors (Lipinski definition) is 2. The summed E-state index contributed by atoms with van der Waals surface area (Å²) in [6.45, 7) is 6.00. The first-order valence-corrected chi connectivity index (χ1v) is 9.13. The molecule has 0 spiro atoms. The second-order valence-corrected chi connectivity index (χ2v) is 6.91. The number of nitro benzene ring substituents is 1. The molecule has 1 aliphatic rings. The van der Waals surface area contributed by atoms with Crippen LogP contribution in [0.5, 0.6) is 11.5 Å². The van der Waals surface area contributed by atoms with Crippen LogP contribution in [0.25, 0.3) is 0 Å². The average molecular weight is 458 g/mol. The minimum atomic E-state index is -0.825. The molecule has 3 rings (SSSR count). The first kappa shape index (κ1) is 25.5. The van der Waals surface area contributed by atoms with Crippen molar-refractivity contribution in [2.24, 2.45) is 0 Å². The lowest BCUT2D eigenvalue weighted by atomic mass is 10.1. The number of aromatic hydroxyl groups is 2. The zero-order valence-corrected chi connectivity index (χ0v) is 18.1.